The smallest absolute Gasteiger partial charge is 0.308 e. The van der Waals surface area contributed by atoms with Gasteiger partial charge in [-0.25, -0.2) is 0 Å². The van der Waals surface area contributed by atoms with Crippen molar-refractivity contribution < 1.29 is 14.8 Å². The van der Waals surface area contributed by atoms with Crippen LogP contribution in [0, 0.1) is 17.0 Å². The van der Waals surface area contributed by atoms with Crippen molar-refractivity contribution in [2.75, 3.05) is 0 Å². The minimum Gasteiger partial charge on any atom is -0.481 e. The Morgan fingerprint density at radius 3 is 2.71 bits per heavy atom. The van der Waals surface area contributed by atoms with Crippen molar-refractivity contribution in [3.8, 4) is 0 Å². The Morgan fingerprint density at radius 1 is 1.57 bits per heavy atom. The highest BCUT2D eigenvalue weighted by Crippen LogP contribution is 2.20. The summed E-state index contributed by atoms with van der Waals surface area (Å²) >= 11 is 0. The minimum atomic E-state index is -1.07. The molecule has 0 saturated carbocycles. The Hall–Kier alpha value is -1.91. The molecular formula is C9H9NO4. The molecule has 1 N–H and O–H groups in total. The van der Waals surface area contributed by atoms with Crippen LogP contribution in [0.2, 0.25) is 0 Å². The molecule has 0 atom stereocenters. The molecule has 0 radical (unpaired) electrons. The summed E-state index contributed by atoms with van der Waals surface area (Å²) in [6.07, 6.45) is -0.323. The fraction of sp³-hybridized carbons (Fsp3) is 0.222. The van der Waals surface area contributed by atoms with Crippen molar-refractivity contribution in [2.45, 2.75) is 13.3 Å². The summed E-state index contributed by atoms with van der Waals surface area (Å²) in [6, 6.07) is 4.51. The summed E-state index contributed by atoms with van der Waals surface area (Å²) in [5, 5.41) is 19.1. The molecule has 0 unspecified atom stereocenters. The van der Waals surface area contributed by atoms with Crippen LogP contribution in [0.15, 0.2) is 18.2 Å². The van der Waals surface area contributed by atoms with Crippen molar-refractivity contribution in [1.82, 2.24) is 0 Å². The van der Waals surface area contributed by atoms with E-state index in [4.69, 9.17) is 5.11 Å². The summed E-state index contributed by atoms with van der Waals surface area (Å²) in [5.41, 5.74) is 0.839. The largest absolute Gasteiger partial charge is 0.481 e. The molecular weight excluding hydrogens is 186 g/mol. The summed E-state index contributed by atoms with van der Waals surface area (Å²) in [4.78, 5) is 20.4. The van der Waals surface area contributed by atoms with Crippen molar-refractivity contribution >= 4 is 11.7 Å². The van der Waals surface area contributed by atoms with Gasteiger partial charge in [0.25, 0.3) is 5.69 Å². The molecule has 0 spiro atoms. The van der Waals surface area contributed by atoms with E-state index < -0.39 is 10.9 Å². The third kappa shape index (κ3) is 2.29. The second-order valence-electron chi connectivity index (χ2n) is 2.96. The molecule has 5 nitrogen and oxygen atoms in total. The van der Waals surface area contributed by atoms with E-state index in [0.717, 1.165) is 5.56 Å². The number of carboxylic acids is 1. The first-order valence-corrected chi connectivity index (χ1v) is 3.96. The zero-order chi connectivity index (χ0) is 10.7. The van der Waals surface area contributed by atoms with Crippen LogP contribution in [0.25, 0.3) is 0 Å². The van der Waals surface area contributed by atoms with E-state index >= 15 is 0 Å². The number of benzene rings is 1. The summed E-state index contributed by atoms with van der Waals surface area (Å²) in [7, 11) is 0. The summed E-state index contributed by atoms with van der Waals surface area (Å²) < 4.78 is 0. The second-order valence-corrected chi connectivity index (χ2v) is 2.96. The number of nitrogens with zero attached hydrogens (tertiary/aromatic N) is 1. The number of nitro benzene ring substituents is 1. The molecule has 0 amide bonds. The maximum absolute atomic E-state index is 10.6. The predicted octanol–water partition coefficient (Wildman–Crippen LogP) is 1.53. The Morgan fingerprint density at radius 2 is 2.21 bits per heavy atom. The Balaban J connectivity index is 3.14. The number of nitro groups is 1. The van der Waals surface area contributed by atoms with Crippen LogP contribution >= 0.6 is 0 Å². The van der Waals surface area contributed by atoms with Crippen LogP contribution in [-0.2, 0) is 11.2 Å². The molecule has 1 aromatic rings. The molecule has 0 heterocycles. The minimum absolute atomic E-state index is 0.132. The van der Waals surface area contributed by atoms with Crippen LogP contribution in [0.5, 0.6) is 0 Å². The first kappa shape index (κ1) is 10.2. The Kier molecular flexibility index (Phi) is 2.81. The first-order chi connectivity index (χ1) is 6.50. The van der Waals surface area contributed by atoms with Gasteiger partial charge in [-0.3, -0.25) is 14.9 Å². The average Bonchev–Trinajstić information content (AvgIpc) is 2.07. The highest BCUT2D eigenvalue weighted by Gasteiger charge is 2.15. The standard InChI is InChI=1S/C9H9NO4/c1-6-2-3-7(5-9(11)12)8(4-6)10(13)14/h2-4H,5H2,1H3,(H,11,12). The first-order valence-electron chi connectivity index (χ1n) is 3.96. The SMILES string of the molecule is Cc1ccc(CC(=O)O)c([N+](=O)[O-])c1. The van der Waals surface area contributed by atoms with Crippen molar-refractivity contribution in [3.63, 3.8) is 0 Å². The highest BCUT2D eigenvalue weighted by atomic mass is 16.6. The molecule has 74 valence electrons. The maximum Gasteiger partial charge on any atom is 0.308 e. The van der Waals surface area contributed by atoms with Gasteiger partial charge in [0.1, 0.15) is 0 Å². The maximum atomic E-state index is 10.6. The highest BCUT2D eigenvalue weighted by molar-refractivity contribution is 5.72. The monoisotopic (exact) mass is 195 g/mol. The molecule has 0 bridgehead atoms. The Bertz CT molecular complexity index is 386. The normalized spacial score (nSPS) is 9.79. The zero-order valence-electron chi connectivity index (χ0n) is 7.56. The predicted molar refractivity (Wildman–Crippen MR) is 49.2 cm³/mol. The molecule has 1 aromatic carbocycles. The van der Waals surface area contributed by atoms with E-state index in [1.807, 2.05) is 0 Å². The van der Waals surface area contributed by atoms with Crippen molar-refractivity contribution in [3.05, 3.63) is 39.4 Å². The Labute approximate surface area is 80.1 Å². The fourth-order valence-electron chi connectivity index (χ4n) is 1.16. The van der Waals surface area contributed by atoms with Crippen LogP contribution in [0.1, 0.15) is 11.1 Å². The lowest BCUT2D eigenvalue weighted by molar-refractivity contribution is -0.385. The van der Waals surface area contributed by atoms with E-state index in [-0.39, 0.29) is 17.7 Å². The van der Waals surface area contributed by atoms with Gasteiger partial charge in [-0.15, -0.1) is 0 Å². The topological polar surface area (TPSA) is 80.4 Å². The quantitative estimate of drug-likeness (QED) is 0.585. The number of carbonyl (C=O) groups is 1. The van der Waals surface area contributed by atoms with Gasteiger partial charge in [0.2, 0.25) is 0 Å². The van der Waals surface area contributed by atoms with Crippen molar-refractivity contribution in [2.24, 2.45) is 0 Å². The van der Waals surface area contributed by atoms with Gasteiger partial charge >= 0.3 is 5.97 Å². The van der Waals surface area contributed by atoms with Gasteiger partial charge < -0.3 is 5.11 Å². The second kappa shape index (κ2) is 3.87. The number of hydrogen-bond donors (Lipinski definition) is 1. The molecule has 0 aromatic heterocycles. The lowest BCUT2D eigenvalue weighted by Gasteiger charge is -2.00. The van der Waals surface area contributed by atoms with E-state index in [0.29, 0.717) is 0 Å². The van der Waals surface area contributed by atoms with Crippen LogP contribution < -0.4 is 0 Å². The van der Waals surface area contributed by atoms with E-state index in [2.05, 4.69) is 0 Å². The van der Waals surface area contributed by atoms with Crippen LogP contribution in [-0.4, -0.2) is 16.0 Å². The third-order valence-corrected chi connectivity index (χ3v) is 1.78. The third-order valence-electron chi connectivity index (χ3n) is 1.78. The molecule has 1 rings (SSSR count). The zero-order valence-corrected chi connectivity index (χ0v) is 7.56. The van der Waals surface area contributed by atoms with Gasteiger partial charge in [-0.1, -0.05) is 12.1 Å². The molecule has 14 heavy (non-hydrogen) atoms. The average molecular weight is 195 g/mol. The summed E-state index contributed by atoms with van der Waals surface area (Å²) in [6.45, 7) is 1.72. The van der Waals surface area contributed by atoms with Gasteiger partial charge in [-0.05, 0) is 12.5 Å². The number of carboxylic acid groups (broad SMARTS) is 1. The number of aryl methyl sites for hydroxylation is 1. The van der Waals surface area contributed by atoms with Gasteiger partial charge in [0, 0.05) is 11.6 Å². The van der Waals surface area contributed by atoms with Gasteiger partial charge in [-0.2, -0.15) is 0 Å². The molecule has 0 fully saturated rings. The lowest BCUT2D eigenvalue weighted by Crippen LogP contribution is -2.03. The lowest BCUT2D eigenvalue weighted by atomic mass is 10.1. The molecule has 0 aliphatic carbocycles. The molecule has 0 aliphatic heterocycles. The molecule has 0 saturated heterocycles. The fourth-order valence-corrected chi connectivity index (χ4v) is 1.16. The number of aliphatic carboxylic acids is 1. The van der Waals surface area contributed by atoms with E-state index in [9.17, 15) is 14.9 Å². The molecule has 0 aliphatic rings. The van der Waals surface area contributed by atoms with Gasteiger partial charge in [0.15, 0.2) is 0 Å². The van der Waals surface area contributed by atoms with Crippen molar-refractivity contribution in [1.29, 1.82) is 0 Å². The van der Waals surface area contributed by atoms with E-state index in [1.165, 1.54) is 12.1 Å². The van der Waals surface area contributed by atoms with Crippen LogP contribution in [0.3, 0.4) is 0 Å². The molecule has 5 heteroatoms. The summed E-state index contributed by atoms with van der Waals surface area (Å²) in [5.74, 6) is -1.07. The van der Waals surface area contributed by atoms with E-state index in [1.54, 1.807) is 13.0 Å². The van der Waals surface area contributed by atoms with Crippen LogP contribution in [0.4, 0.5) is 5.69 Å². The number of rotatable bonds is 3. The van der Waals surface area contributed by atoms with Gasteiger partial charge in [0.05, 0.1) is 11.3 Å². The number of hydrogen-bond acceptors (Lipinski definition) is 3.